The highest BCUT2D eigenvalue weighted by molar-refractivity contribution is 6.99. The topological polar surface area (TPSA) is 49.7 Å². The lowest BCUT2D eigenvalue weighted by Gasteiger charge is -2.43. The number of benzene rings is 2. The van der Waals surface area contributed by atoms with Crippen LogP contribution in [0.2, 0.25) is 5.04 Å². The van der Waals surface area contributed by atoms with Gasteiger partial charge in [-0.15, -0.1) is 12.3 Å². The highest BCUT2D eigenvalue weighted by Gasteiger charge is 2.50. The number of hydrogen-bond acceptors (Lipinski definition) is 3. The van der Waals surface area contributed by atoms with Gasteiger partial charge in [0.15, 0.2) is 0 Å². The normalized spacial score (nSPS) is 14.3. The minimum absolute atomic E-state index is 0.0273. The van der Waals surface area contributed by atoms with Crippen LogP contribution in [0.4, 0.5) is 0 Å². The van der Waals surface area contributed by atoms with Gasteiger partial charge in [-0.3, -0.25) is 0 Å². The van der Waals surface area contributed by atoms with Gasteiger partial charge in [-0.2, -0.15) is 0 Å². The first kappa shape index (κ1) is 22.4. The SMILES string of the molecule is C#CC[C@H](CO)C[C@@H](O)CO[Si](c1ccccc1)(c1ccccc1)C(C)(C)C. The van der Waals surface area contributed by atoms with Crippen molar-refractivity contribution in [2.75, 3.05) is 13.2 Å². The summed E-state index contributed by atoms with van der Waals surface area (Å²) in [5.74, 6) is 2.46. The molecule has 2 aromatic carbocycles. The molecule has 0 aliphatic carbocycles. The van der Waals surface area contributed by atoms with E-state index in [9.17, 15) is 10.2 Å². The third-order valence-corrected chi connectivity index (χ3v) is 10.2. The zero-order valence-electron chi connectivity index (χ0n) is 17.1. The first-order valence-corrected chi connectivity index (χ1v) is 11.7. The summed E-state index contributed by atoms with van der Waals surface area (Å²) >= 11 is 0. The molecule has 2 rings (SSSR count). The molecule has 0 aliphatic rings. The van der Waals surface area contributed by atoms with E-state index in [4.69, 9.17) is 10.8 Å². The fourth-order valence-corrected chi connectivity index (χ4v) is 8.42. The molecule has 0 fully saturated rings. The number of aliphatic hydroxyl groups excluding tert-OH is 2. The molecule has 28 heavy (non-hydrogen) atoms. The second-order valence-corrected chi connectivity index (χ2v) is 12.6. The van der Waals surface area contributed by atoms with Crippen LogP contribution < -0.4 is 10.4 Å². The number of hydrogen-bond donors (Lipinski definition) is 2. The minimum atomic E-state index is -2.65. The van der Waals surface area contributed by atoms with Gasteiger partial charge in [0, 0.05) is 13.0 Å². The molecule has 0 spiro atoms. The summed E-state index contributed by atoms with van der Waals surface area (Å²) in [7, 11) is -2.65. The van der Waals surface area contributed by atoms with Crippen molar-refractivity contribution >= 4 is 18.7 Å². The molecule has 2 N–H and O–H groups in total. The quantitative estimate of drug-likeness (QED) is 0.506. The van der Waals surface area contributed by atoms with Gasteiger partial charge in [-0.05, 0) is 27.8 Å². The standard InChI is InChI=1S/C24H32O3Si/c1-5-12-20(18-25)17-21(26)19-27-28(24(2,3)4,22-13-8-6-9-14-22)23-15-10-7-11-16-23/h1,6-11,13-16,20-21,25-26H,12,17-19H2,2-4H3/t20-,21+/m0/s1. The lowest BCUT2D eigenvalue weighted by atomic mass is 10.00. The van der Waals surface area contributed by atoms with Crippen molar-refractivity contribution in [1.29, 1.82) is 0 Å². The van der Waals surface area contributed by atoms with Crippen molar-refractivity contribution < 1.29 is 14.6 Å². The maximum atomic E-state index is 10.6. The van der Waals surface area contributed by atoms with E-state index < -0.39 is 14.4 Å². The molecule has 0 heterocycles. The fraction of sp³-hybridized carbons (Fsp3) is 0.417. The van der Waals surface area contributed by atoms with Crippen molar-refractivity contribution in [3.05, 3.63) is 60.7 Å². The Morgan fingerprint density at radius 2 is 1.50 bits per heavy atom. The van der Waals surface area contributed by atoms with Gasteiger partial charge in [0.05, 0.1) is 12.7 Å². The van der Waals surface area contributed by atoms with E-state index in [1.54, 1.807) is 0 Å². The Morgan fingerprint density at radius 1 is 1.00 bits per heavy atom. The Morgan fingerprint density at radius 3 is 1.89 bits per heavy atom. The molecule has 0 unspecified atom stereocenters. The van der Waals surface area contributed by atoms with E-state index in [1.165, 1.54) is 10.4 Å². The van der Waals surface area contributed by atoms with E-state index in [2.05, 4.69) is 51.0 Å². The molecular formula is C24H32O3Si. The molecule has 2 aromatic rings. The molecule has 0 aromatic heterocycles. The molecule has 4 heteroatoms. The third-order valence-electron chi connectivity index (χ3n) is 5.18. The molecule has 3 nitrogen and oxygen atoms in total. The number of terminal acetylenes is 1. The van der Waals surface area contributed by atoms with Gasteiger partial charge in [-0.1, -0.05) is 81.4 Å². The minimum Gasteiger partial charge on any atom is -0.405 e. The van der Waals surface area contributed by atoms with E-state index in [1.807, 2.05) is 36.4 Å². The van der Waals surface area contributed by atoms with Crippen molar-refractivity contribution in [2.24, 2.45) is 5.92 Å². The van der Waals surface area contributed by atoms with Crippen LogP contribution in [-0.2, 0) is 4.43 Å². The van der Waals surface area contributed by atoms with Gasteiger partial charge in [0.1, 0.15) is 0 Å². The molecule has 0 saturated carbocycles. The molecule has 2 atom stereocenters. The fourth-order valence-electron chi connectivity index (χ4n) is 3.82. The maximum absolute atomic E-state index is 10.6. The average molecular weight is 397 g/mol. The summed E-state index contributed by atoms with van der Waals surface area (Å²) in [4.78, 5) is 0. The van der Waals surface area contributed by atoms with E-state index in [-0.39, 0.29) is 24.2 Å². The highest BCUT2D eigenvalue weighted by Crippen LogP contribution is 2.36. The van der Waals surface area contributed by atoms with Crippen LogP contribution >= 0.6 is 0 Å². The predicted molar refractivity (Wildman–Crippen MR) is 118 cm³/mol. The van der Waals surface area contributed by atoms with E-state index in [0.29, 0.717) is 12.8 Å². The first-order valence-electron chi connectivity index (χ1n) is 9.82. The second-order valence-electron chi connectivity index (χ2n) is 8.32. The van der Waals surface area contributed by atoms with Crippen molar-refractivity contribution in [1.82, 2.24) is 0 Å². The van der Waals surface area contributed by atoms with Crippen LogP contribution in [0.5, 0.6) is 0 Å². The van der Waals surface area contributed by atoms with Crippen LogP contribution in [0.1, 0.15) is 33.6 Å². The lowest BCUT2D eigenvalue weighted by molar-refractivity contribution is 0.0691. The monoisotopic (exact) mass is 396 g/mol. The molecule has 0 aliphatic heterocycles. The van der Waals surface area contributed by atoms with Gasteiger partial charge in [0.25, 0.3) is 8.32 Å². The molecule has 150 valence electrons. The summed E-state index contributed by atoms with van der Waals surface area (Å²) in [6, 6.07) is 20.7. The summed E-state index contributed by atoms with van der Waals surface area (Å²) in [5, 5.41) is 22.3. The van der Waals surface area contributed by atoms with Gasteiger partial charge >= 0.3 is 0 Å². The number of aliphatic hydroxyl groups is 2. The zero-order chi connectivity index (χ0) is 20.6. The summed E-state index contributed by atoms with van der Waals surface area (Å²) in [6.07, 6.45) is 5.57. The van der Waals surface area contributed by atoms with Gasteiger partial charge in [-0.25, -0.2) is 0 Å². The molecule has 0 radical (unpaired) electrons. The first-order chi connectivity index (χ1) is 13.3. The van der Waals surface area contributed by atoms with Crippen molar-refractivity contribution in [3.63, 3.8) is 0 Å². The summed E-state index contributed by atoms with van der Waals surface area (Å²) in [6.45, 7) is 6.82. The summed E-state index contributed by atoms with van der Waals surface area (Å²) < 4.78 is 6.71. The van der Waals surface area contributed by atoms with Crippen LogP contribution in [0.25, 0.3) is 0 Å². The summed E-state index contributed by atoms with van der Waals surface area (Å²) in [5.41, 5.74) is 0. The second kappa shape index (κ2) is 10.0. The molecule has 0 bridgehead atoms. The zero-order valence-corrected chi connectivity index (χ0v) is 18.1. The van der Waals surface area contributed by atoms with Crippen molar-refractivity contribution in [2.45, 2.75) is 44.8 Å². The smallest absolute Gasteiger partial charge is 0.261 e. The third kappa shape index (κ3) is 5.12. The number of rotatable bonds is 9. The highest BCUT2D eigenvalue weighted by atomic mass is 28.4. The van der Waals surface area contributed by atoms with Crippen LogP contribution in [0, 0.1) is 18.3 Å². The van der Waals surface area contributed by atoms with E-state index in [0.717, 1.165) is 0 Å². The Hall–Kier alpha value is -1.90. The van der Waals surface area contributed by atoms with Crippen LogP contribution in [0.3, 0.4) is 0 Å². The molecular weight excluding hydrogens is 364 g/mol. The van der Waals surface area contributed by atoms with E-state index >= 15 is 0 Å². The van der Waals surface area contributed by atoms with Crippen LogP contribution in [-0.4, -0.2) is 37.8 Å². The maximum Gasteiger partial charge on any atom is 0.261 e. The Bertz CT molecular complexity index is 707. The van der Waals surface area contributed by atoms with Crippen LogP contribution in [0.15, 0.2) is 60.7 Å². The predicted octanol–water partition coefficient (Wildman–Crippen LogP) is 2.95. The molecule has 0 amide bonds. The lowest BCUT2D eigenvalue weighted by Crippen LogP contribution is -2.67. The van der Waals surface area contributed by atoms with Crippen molar-refractivity contribution in [3.8, 4) is 12.3 Å². The Kier molecular flexibility index (Phi) is 8.03. The van der Waals surface area contributed by atoms with Gasteiger partial charge in [0.2, 0.25) is 0 Å². The average Bonchev–Trinajstić information content (AvgIpc) is 2.68. The largest absolute Gasteiger partial charge is 0.405 e. The Labute approximate surface area is 170 Å². The Balaban J connectivity index is 2.38. The molecule has 0 saturated heterocycles. The van der Waals surface area contributed by atoms with Gasteiger partial charge < -0.3 is 14.6 Å².